The molecule has 14 nitrogen and oxygen atoms in total. The number of aryl methyl sites for hydroxylation is 1. The number of hydrogen-bond donors (Lipinski definition) is 7. The molecular formula is C41H32N6O8. The van der Waals surface area contributed by atoms with Gasteiger partial charge in [-0.15, -0.1) is 0 Å². The fraction of sp³-hybridized carbons (Fsp3) is 0.0732. The van der Waals surface area contributed by atoms with Crippen LogP contribution < -0.4 is 26.7 Å². The molecular weight excluding hydrogens is 704 g/mol. The molecule has 4 aromatic carbocycles. The molecule has 1 aliphatic heterocycles. The van der Waals surface area contributed by atoms with E-state index in [2.05, 4.69) is 31.2 Å². The van der Waals surface area contributed by atoms with Crippen molar-refractivity contribution in [1.82, 2.24) is 20.6 Å². The number of amides is 2. The van der Waals surface area contributed by atoms with E-state index in [0.717, 1.165) is 5.56 Å². The van der Waals surface area contributed by atoms with Crippen molar-refractivity contribution in [3.8, 4) is 33.9 Å². The lowest BCUT2D eigenvalue weighted by Gasteiger charge is -2.17. The maximum atomic E-state index is 13.1. The zero-order valence-electron chi connectivity index (χ0n) is 29.1. The van der Waals surface area contributed by atoms with Gasteiger partial charge in [-0.3, -0.25) is 14.4 Å². The number of rotatable bonds is 11. The number of fused-ring (bicyclic) bond motifs is 2. The Labute approximate surface area is 312 Å². The van der Waals surface area contributed by atoms with Gasteiger partial charge in [0.1, 0.15) is 28.7 Å². The van der Waals surface area contributed by atoms with Gasteiger partial charge >= 0.3 is 5.97 Å². The highest BCUT2D eigenvalue weighted by Crippen LogP contribution is 2.42. The Morgan fingerprint density at radius 1 is 0.745 bits per heavy atom. The Morgan fingerprint density at radius 3 is 2.25 bits per heavy atom. The number of anilines is 4. The number of hydrogen-bond acceptors (Lipinski definition) is 11. The minimum atomic E-state index is -1.28. The van der Waals surface area contributed by atoms with Crippen molar-refractivity contribution in [2.75, 3.05) is 23.7 Å². The second kappa shape index (κ2) is 15.1. The number of nitrogens with one attached hydrogen (secondary N) is 4. The van der Waals surface area contributed by atoms with Crippen molar-refractivity contribution in [3.63, 3.8) is 0 Å². The first kappa shape index (κ1) is 35.7. The number of phenolic OH excluding ortho intramolecular Hbond substituents is 2. The molecule has 7 N–H and O–H groups in total. The van der Waals surface area contributed by atoms with Gasteiger partial charge in [0.2, 0.25) is 5.95 Å². The number of benzene rings is 5. The average Bonchev–Trinajstić information content (AvgIpc) is 3.16. The normalized spacial score (nSPS) is 10.9. The third-order valence-corrected chi connectivity index (χ3v) is 8.67. The van der Waals surface area contributed by atoms with Crippen LogP contribution in [0.3, 0.4) is 0 Å². The van der Waals surface area contributed by atoms with Crippen LogP contribution in [0.1, 0.15) is 36.6 Å². The Kier molecular flexibility index (Phi) is 9.78. The second-order valence-electron chi connectivity index (χ2n) is 12.5. The van der Waals surface area contributed by atoms with Crippen LogP contribution in [0.5, 0.6) is 11.5 Å². The summed E-state index contributed by atoms with van der Waals surface area (Å²) in [5.74, 6) is -1.20. The lowest BCUT2D eigenvalue weighted by Crippen LogP contribution is -2.34. The van der Waals surface area contributed by atoms with Crippen molar-refractivity contribution in [2.45, 2.75) is 6.92 Å². The number of aromatic hydroxyl groups is 2. The van der Waals surface area contributed by atoms with Crippen LogP contribution in [-0.2, 0) is 0 Å². The minimum absolute atomic E-state index is 0.0510. The third-order valence-electron chi connectivity index (χ3n) is 8.67. The number of aromatic nitrogens is 2. The molecule has 14 heteroatoms. The van der Waals surface area contributed by atoms with Gasteiger partial charge in [0, 0.05) is 76.5 Å². The molecule has 7 rings (SSSR count). The molecule has 274 valence electrons. The Bertz CT molecular complexity index is 2660. The lowest BCUT2D eigenvalue weighted by atomic mass is 9.90. The van der Waals surface area contributed by atoms with Gasteiger partial charge in [-0.25, -0.2) is 9.78 Å². The standard InChI is InChI=1S/C41H32N6O8/c1-22-5-7-26(48)19-33(22)46-36-13-14-44-41(47-36)45-25-4-2-3-23(17-25)38(51)42-15-16-43-39(52)24-6-10-29(32(18-24)40(53)54)37-30-11-8-27(49)20-34(30)55-35-21-28(50)9-12-31(35)37/h2-14,17-21,48-49H,15-16H2,1H3,(H,42,51)(H,43,52)(H,53,54)(H2,44,45,46,47). The predicted octanol–water partition coefficient (Wildman–Crippen LogP) is 6.42. The highest BCUT2D eigenvalue weighted by Gasteiger charge is 2.23. The molecule has 5 aromatic rings. The number of carboxylic acid groups (broad SMARTS) is 1. The van der Waals surface area contributed by atoms with Crippen LogP contribution in [0.4, 0.5) is 23.1 Å². The highest BCUT2D eigenvalue weighted by atomic mass is 16.4. The van der Waals surface area contributed by atoms with E-state index in [0.29, 0.717) is 39.3 Å². The maximum absolute atomic E-state index is 13.1. The van der Waals surface area contributed by atoms with Gasteiger partial charge in [0.05, 0.1) is 5.56 Å². The molecule has 0 radical (unpaired) electrons. The molecule has 2 aliphatic rings. The fourth-order valence-electron chi connectivity index (χ4n) is 6.02. The summed E-state index contributed by atoms with van der Waals surface area (Å²) >= 11 is 0. The molecule has 0 atom stereocenters. The Hall–Kier alpha value is -7.74. The van der Waals surface area contributed by atoms with E-state index < -0.39 is 17.8 Å². The summed E-state index contributed by atoms with van der Waals surface area (Å²) in [7, 11) is 0. The van der Waals surface area contributed by atoms with E-state index in [1.54, 1.807) is 66.9 Å². The molecule has 0 fully saturated rings. The summed E-state index contributed by atoms with van der Waals surface area (Å²) in [5.41, 5.74) is 3.58. The van der Waals surface area contributed by atoms with Crippen LogP contribution >= 0.6 is 0 Å². The quantitative estimate of drug-likeness (QED) is 0.0566. The minimum Gasteiger partial charge on any atom is -0.508 e. The molecule has 0 unspecified atom stereocenters. The number of nitrogens with zero attached hydrogens (tertiary/aromatic N) is 2. The number of carbonyl (C=O) groups excluding carboxylic acids is 2. The Morgan fingerprint density at radius 2 is 1.47 bits per heavy atom. The van der Waals surface area contributed by atoms with E-state index in [-0.39, 0.29) is 64.0 Å². The summed E-state index contributed by atoms with van der Waals surface area (Å²) in [6.45, 7) is 2.03. The molecule has 1 aliphatic carbocycles. The first-order valence-electron chi connectivity index (χ1n) is 16.9. The van der Waals surface area contributed by atoms with Crippen molar-refractivity contribution in [3.05, 3.63) is 142 Å². The van der Waals surface area contributed by atoms with Gasteiger partial charge in [-0.1, -0.05) is 18.2 Å². The van der Waals surface area contributed by atoms with E-state index in [9.17, 15) is 34.5 Å². The maximum Gasteiger partial charge on any atom is 0.336 e. The molecule has 55 heavy (non-hydrogen) atoms. The SMILES string of the molecule is Cc1ccc(O)cc1Nc1ccnc(Nc2cccc(C(=O)NCCNC(=O)c3ccc(-c4c5ccc(=O)cc-5oc5cc(O)ccc45)c(C(=O)O)c3)c2)n1. The first-order valence-corrected chi connectivity index (χ1v) is 16.9. The monoisotopic (exact) mass is 736 g/mol. The zero-order chi connectivity index (χ0) is 38.6. The number of carboxylic acids is 1. The highest BCUT2D eigenvalue weighted by molar-refractivity contribution is 6.09. The Balaban J connectivity index is 0.998. The summed E-state index contributed by atoms with van der Waals surface area (Å²) in [5, 5.41) is 42.3. The van der Waals surface area contributed by atoms with Crippen LogP contribution in [0.25, 0.3) is 33.4 Å². The second-order valence-corrected chi connectivity index (χ2v) is 12.5. The summed E-state index contributed by atoms with van der Waals surface area (Å²) in [6, 6.07) is 26.2. The summed E-state index contributed by atoms with van der Waals surface area (Å²) < 4.78 is 5.87. The van der Waals surface area contributed by atoms with Gasteiger partial charge < -0.3 is 41.0 Å². The summed E-state index contributed by atoms with van der Waals surface area (Å²) in [4.78, 5) is 59.5. The first-order chi connectivity index (χ1) is 26.5. The van der Waals surface area contributed by atoms with Gasteiger partial charge in [-0.05, 0) is 84.8 Å². The van der Waals surface area contributed by atoms with Crippen LogP contribution in [0.2, 0.25) is 0 Å². The number of carbonyl (C=O) groups is 3. The van der Waals surface area contributed by atoms with Crippen molar-refractivity contribution in [2.24, 2.45) is 0 Å². The molecule has 0 spiro atoms. The molecule has 0 saturated carbocycles. The smallest absolute Gasteiger partial charge is 0.336 e. The van der Waals surface area contributed by atoms with E-state index in [4.69, 9.17) is 4.42 Å². The number of aromatic carboxylic acids is 1. The zero-order valence-corrected chi connectivity index (χ0v) is 29.1. The third kappa shape index (κ3) is 7.88. The van der Waals surface area contributed by atoms with Crippen LogP contribution in [0, 0.1) is 6.92 Å². The predicted molar refractivity (Wildman–Crippen MR) is 206 cm³/mol. The van der Waals surface area contributed by atoms with Gasteiger partial charge in [0.25, 0.3) is 11.8 Å². The van der Waals surface area contributed by atoms with Crippen molar-refractivity contribution < 1.29 is 34.1 Å². The number of phenols is 2. The fourth-order valence-corrected chi connectivity index (χ4v) is 6.02. The van der Waals surface area contributed by atoms with Gasteiger partial charge in [0.15, 0.2) is 5.43 Å². The average molecular weight is 737 g/mol. The van der Waals surface area contributed by atoms with E-state index in [1.807, 2.05) is 6.92 Å². The molecule has 1 aromatic heterocycles. The largest absolute Gasteiger partial charge is 0.508 e. The lowest BCUT2D eigenvalue weighted by molar-refractivity contribution is 0.0697. The molecule has 2 amide bonds. The molecule has 0 bridgehead atoms. The van der Waals surface area contributed by atoms with Crippen molar-refractivity contribution >= 4 is 51.9 Å². The van der Waals surface area contributed by atoms with E-state index in [1.165, 1.54) is 42.5 Å². The molecule has 2 heterocycles. The van der Waals surface area contributed by atoms with Crippen LogP contribution in [0.15, 0.2) is 119 Å². The molecule has 0 saturated heterocycles. The van der Waals surface area contributed by atoms with Crippen LogP contribution in [-0.4, -0.2) is 56.2 Å². The van der Waals surface area contributed by atoms with Crippen molar-refractivity contribution in [1.29, 1.82) is 0 Å². The topological polar surface area (TPSA) is 216 Å². The van der Waals surface area contributed by atoms with E-state index >= 15 is 0 Å². The van der Waals surface area contributed by atoms with Gasteiger partial charge in [-0.2, -0.15) is 4.98 Å². The summed E-state index contributed by atoms with van der Waals surface area (Å²) in [6.07, 6.45) is 1.57.